The summed E-state index contributed by atoms with van der Waals surface area (Å²) in [6, 6.07) is 6.46. The van der Waals surface area contributed by atoms with E-state index < -0.39 is 0 Å². The monoisotopic (exact) mass is 351 g/mol. The SMILES string of the molecule is Cc1ccc(Br)c(C(=O)N(CCC(C)C)C2CCCC2)c1. The van der Waals surface area contributed by atoms with Crippen molar-refractivity contribution < 1.29 is 4.79 Å². The highest BCUT2D eigenvalue weighted by Gasteiger charge is 2.28. The number of halogens is 1. The van der Waals surface area contributed by atoms with Crippen molar-refractivity contribution in [2.24, 2.45) is 5.92 Å². The lowest BCUT2D eigenvalue weighted by Crippen LogP contribution is -2.40. The van der Waals surface area contributed by atoms with Gasteiger partial charge in [-0.15, -0.1) is 0 Å². The molecule has 0 radical (unpaired) electrons. The van der Waals surface area contributed by atoms with E-state index in [-0.39, 0.29) is 5.91 Å². The fraction of sp³-hybridized carbons (Fsp3) is 0.611. The van der Waals surface area contributed by atoms with E-state index in [0.717, 1.165) is 41.4 Å². The number of aryl methyl sites for hydroxylation is 1. The van der Waals surface area contributed by atoms with E-state index in [1.165, 1.54) is 12.8 Å². The number of nitrogens with zero attached hydrogens (tertiary/aromatic N) is 1. The third-order valence-electron chi connectivity index (χ3n) is 4.33. The van der Waals surface area contributed by atoms with Crippen LogP contribution in [-0.2, 0) is 0 Å². The van der Waals surface area contributed by atoms with Crippen LogP contribution in [0, 0.1) is 12.8 Å². The summed E-state index contributed by atoms with van der Waals surface area (Å²) in [5.41, 5.74) is 1.95. The molecule has 3 heteroatoms. The first-order chi connectivity index (χ1) is 9.99. The third kappa shape index (κ3) is 4.32. The van der Waals surface area contributed by atoms with Crippen molar-refractivity contribution >= 4 is 21.8 Å². The highest BCUT2D eigenvalue weighted by atomic mass is 79.9. The van der Waals surface area contributed by atoms with Gasteiger partial charge in [-0.2, -0.15) is 0 Å². The molecule has 0 N–H and O–H groups in total. The highest BCUT2D eigenvalue weighted by Crippen LogP contribution is 2.28. The zero-order chi connectivity index (χ0) is 15.4. The fourth-order valence-electron chi connectivity index (χ4n) is 3.02. The molecule has 1 aliphatic carbocycles. The Morgan fingerprint density at radius 2 is 2.00 bits per heavy atom. The largest absolute Gasteiger partial charge is 0.336 e. The molecular weight excluding hydrogens is 326 g/mol. The summed E-state index contributed by atoms with van der Waals surface area (Å²) in [4.78, 5) is 15.1. The quantitative estimate of drug-likeness (QED) is 0.714. The molecule has 21 heavy (non-hydrogen) atoms. The van der Waals surface area contributed by atoms with E-state index in [1.54, 1.807) is 0 Å². The summed E-state index contributed by atoms with van der Waals surface area (Å²) in [5.74, 6) is 0.820. The molecule has 0 aromatic heterocycles. The van der Waals surface area contributed by atoms with Crippen molar-refractivity contribution in [3.8, 4) is 0 Å². The molecule has 1 aromatic rings. The van der Waals surface area contributed by atoms with Crippen LogP contribution in [0.25, 0.3) is 0 Å². The van der Waals surface area contributed by atoms with E-state index in [0.29, 0.717) is 12.0 Å². The van der Waals surface area contributed by atoms with Gasteiger partial charge in [0, 0.05) is 17.1 Å². The maximum Gasteiger partial charge on any atom is 0.255 e. The number of benzene rings is 1. The first kappa shape index (κ1) is 16.5. The molecular formula is C18H26BrNO. The minimum atomic E-state index is 0.193. The van der Waals surface area contributed by atoms with E-state index in [2.05, 4.69) is 34.7 Å². The van der Waals surface area contributed by atoms with Gasteiger partial charge in [0.25, 0.3) is 5.91 Å². The molecule has 0 heterocycles. The lowest BCUT2D eigenvalue weighted by atomic mass is 10.1. The Bertz CT molecular complexity index is 492. The van der Waals surface area contributed by atoms with Crippen molar-refractivity contribution in [3.63, 3.8) is 0 Å². The molecule has 1 saturated carbocycles. The normalized spacial score (nSPS) is 15.7. The lowest BCUT2D eigenvalue weighted by Gasteiger charge is -2.30. The summed E-state index contributed by atoms with van der Waals surface area (Å²) in [6.45, 7) is 7.36. The van der Waals surface area contributed by atoms with E-state index >= 15 is 0 Å². The Balaban J connectivity index is 2.21. The second kappa shape index (κ2) is 7.44. The van der Waals surface area contributed by atoms with Gasteiger partial charge in [0.1, 0.15) is 0 Å². The molecule has 0 unspecified atom stereocenters. The van der Waals surface area contributed by atoms with Gasteiger partial charge in [-0.05, 0) is 60.2 Å². The molecule has 1 aromatic carbocycles. The van der Waals surface area contributed by atoms with Gasteiger partial charge < -0.3 is 4.90 Å². The molecule has 1 fully saturated rings. The van der Waals surface area contributed by atoms with E-state index in [9.17, 15) is 4.79 Å². The molecule has 0 bridgehead atoms. The molecule has 0 spiro atoms. The number of hydrogen-bond donors (Lipinski definition) is 0. The van der Waals surface area contributed by atoms with Crippen molar-refractivity contribution in [3.05, 3.63) is 33.8 Å². The fourth-order valence-corrected chi connectivity index (χ4v) is 3.44. The average molecular weight is 352 g/mol. The second-order valence-corrected chi connectivity index (χ2v) is 7.46. The van der Waals surface area contributed by atoms with Gasteiger partial charge in [-0.3, -0.25) is 4.79 Å². The molecule has 0 saturated heterocycles. The van der Waals surface area contributed by atoms with E-state index in [4.69, 9.17) is 0 Å². The van der Waals surface area contributed by atoms with Crippen molar-refractivity contribution in [1.82, 2.24) is 4.90 Å². The Kier molecular flexibility index (Phi) is 5.86. The molecule has 0 aliphatic heterocycles. The van der Waals surface area contributed by atoms with Crippen LogP contribution < -0.4 is 0 Å². The number of carbonyl (C=O) groups excluding carboxylic acids is 1. The van der Waals surface area contributed by atoms with Crippen molar-refractivity contribution in [2.75, 3.05) is 6.54 Å². The second-order valence-electron chi connectivity index (χ2n) is 6.60. The minimum Gasteiger partial charge on any atom is -0.336 e. The smallest absolute Gasteiger partial charge is 0.255 e. The van der Waals surface area contributed by atoms with Crippen LogP contribution in [0.5, 0.6) is 0 Å². The first-order valence-electron chi connectivity index (χ1n) is 8.06. The molecule has 0 atom stereocenters. The molecule has 2 rings (SSSR count). The predicted molar refractivity (Wildman–Crippen MR) is 91.6 cm³/mol. The molecule has 1 amide bonds. The number of hydrogen-bond acceptors (Lipinski definition) is 1. The Morgan fingerprint density at radius 1 is 1.33 bits per heavy atom. The number of carbonyl (C=O) groups is 1. The summed E-state index contributed by atoms with van der Waals surface area (Å²) >= 11 is 3.54. The van der Waals surface area contributed by atoms with Crippen LogP contribution in [0.4, 0.5) is 0 Å². The van der Waals surface area contributed by atoms with Crippen molar-refractivity contribution in [2.45, 2.75) is 58.9 Å². The van der Waals surface area contributed by atoms with Gasteiger partial charge in [0.15, 0.2) is 0 Å². The summed E-state index contributed by atoms with van der Waals surface area (Å²) in [6.07, 6.45) is 5.91. The van der Waals surface area contributed by atoms with Crippen LogP contribution >= 0.6 is 15.9 Å². The predicted octanol–water partition coefficient (Wildman–Crippen LogP) is 5.19. The van der Waals surface area contributed by atoms with Gasteiger partial charge in [0.05, 0.1) is 5.56 Å². The third-order valence-corrected chi connectivity index (χ3v) is 5.02. The Hall–Kier alpha value is -0.830. The van der Waals surface area contributed by atoms with Crippen molar-refractivity contribution in [1.29, 1.82) is 0 Å². The van der Waals surface area contributed by atoms with Gasteiger partial charge in [-0.25, -0.2) is 0 Å². The Morgan fingerprint density at radius 3 is 2.62 bits per heavy atom. The van der Waals surface area contributed by atoms with Gasteiger partial charge >= 0.3 is 0 Å². The average Bonchev–Trinajstić information content (AvgIpc) is 2.95. The van der Waals surface area contributed by atoms with E-state index in [1.807, 2.05) is 25.1 Å². The van der Waals surface area contributed by atoms with Crippen LogP contribution in [0.1, 0.15) is 61.9 Å². The van der Waals surface area contributed by atoms with Gasteiger partial charge in [0.2, 0.25) is 0 Å². The number of amides is 1. The lowest BCUT2D eigenvalue weighted by molar-refractivity contribution is 0.0671. The zero-order valence-electron chi connectivity index (χ0n) is 13.4. The minimum absolute atomic E-state index is 0.193. The summed E-state index contributed by atoms with van der Waals surface area (Å²) in [5, 5.41) is 0. The van der Waals surface area contributed by atoms with Crippen LogP contribution in [0.15, 0.2) is 22.7 Å². The van der Waals surface area contributed by atoms with Gasteiger partial charge in [-0.1, -0.05) is 38.3 Å². The summed E-state index contributed by atoms with van der Waals surface area (Å²) in [7, 11) is 0. The number of rotatable bonds is 5. The standard InChI is InChI=1S/C18H26BrNO/c1-13(2)10-11-20(15-6-4-5-7-15)18(21)16-12-14(3)8-9-17(16)19/h8-9,12-13,15H,4-7,10-11H2,1-3H3. The highest BCUT2D eigenvalue weighted by molar-refractivity contribution is 9.10. The maximum absolute atomic E-state index is 13.0. The van der Waals surface area contributed by atoms with Crippen LogP contribution in [0.3, 0.4) is 0 Å². The topological polar surface area (TPSA) is 20.3 Å². The molecule has 1 aliphatic rings. The van der Waals surface area contributed by atoms with Crippen LogP contribution in [0.2, 0.25) is 0 Å². The Labute approximate surface area is 137 Å². The maximum atomic E-state index is 13.0. The molecule has 116 valence electrons. The first-order valence-corrected chi connectivity index (χ1v) is 8.85. The van der Waals surface area contributed by atoms with Crippen LogP contribution in [-0.4, -0.2) is 23.4 Å². The molecule has 2 nitrogen and oxygen atoms in total. The zero-order valence-corrected chi connectivity index (χ0v) is 14.9. The summed E-state index contributed by atoms with van der Waals surface area (Å²) < 4.78 is 0.908.